The third-order valence-electron chi connectivity index (χ3n) is 3.05. The fraction of sp³-hybridized carbons (Fsp3) is 0.333. The Hall–Kier alpha value is -1.70. The van der Waals surface area contributed by atoms with Crippen LogP contribution in [0.3, 0.4) is 0 Å². The molecule has 0 aliphatic carbocycles. The molecule has 88 valence electrons. The number of carbonyl (C=O) groups excluding carboxylic acids is 1. The van der Waals surface area contributed by atoms with Crippen LogP contribution in [0, 0.1) is 0 Å². The van der Waals surface area contributed by atoms with Crippen LogP contribution < -0.4 is 0 Å². The van der Waals surface area contributed by atoms with Gasteiger partial charge >= 0.3 is 0 Å². The molecule has 0 atom stereocenters. The molecule has 0 N–H and O–H groups in total. The van der Waals surface area contributed by atoms with Crippen LogP contribution in [0.15, 0.2) is 24.3 Å². The van der Waals surface area contributed by atoms with Gasteiger partial charge in [0.2, 0.25) is 0 Å². The summed E-state index contributed by atoms with van der Waals surface area (Å²) in [6, 6.07) is 8.35. The van der Waals surface area contributed by atoms with Crippen LogP contribution in [0.1, 0.15) is 30.8 Å². The van der Waals surface area contributed by atoms with Crippen molar-refractivity contribution in [3.8, 4) is 0 Å². The molecule has 0 fully saturated rings. The lowest BCUT2D eigenvalue weighted by atomic mass is 10.0. The van der Waals surface area contributed by atoms with Gasteiger partial charge in [-0.2, -0.15) is 0 Å². The van der Waals surface area contributed by atoms with E-state index in [1.165, 1.54) is 10.8 Å². The van der Waals surface area contributed by atoms with Crippen molar-refractivity contribution in [1.29, 1.82) is 0 Å². The van der Waals surface area contributed by atoms with E-state index in [-0.39, 0.29) is 0 Å². The van der Waals surface area contributed by atoms with Gasteiger partial charge in [-0.3, -0.25) is 4.98 Å². The molecule has 1 aromatic heterocycles. The fourth-order valence-corrected chi connectivity index (χ4v) is 2.10. The van der Waals surface area contributed by atoms with E-state index >= 15 is 0 Å². The number of hydrogen-bond acceptors (Lipinski definition) is 2. The molecule has 0 radical (unpaired) electrons. The van der Waals surface area contributed by atoms with Crippen LogP contribution >= 0.6 is 0 Å². The van der Waals surface area contributed by atoms with Gasteiger partial charge in [-0.25, -0.2) is 0 Å². The second-order valence-electron chi connectivity index (χ2n) is 4.19. The minimum absolute atomic E-state index is 0.481. The van der Waals surface area contributed by atoms with E-state index in [4.69, 9.17) is 0 Å². The van der Waals surface area contributed by atoms with Crippen LogP contribution in [0.2, 0.25) is 0 Å². The summed E-state index contributed by atoms with van der Waals surface area (Å²) in [6.45, 7) is 4.24. The van der Waals surface area contributed by atoms with E-state index in [1.54, 1.807) is 0 Å². The van der Waals surface area contributed by atoms with Gasteiger partial charge in [0, 0.05) is 23.2 Å². The van der Waals surface area contributed by atoms with Gasteiger partial charge in [0.1, 0.15) is 6.29 Å². The van der Waals surface area contributed by atoms with Crippen LogP contribution in [0.5, 0.6) is 0 Å². The quantitative estimate of drug-likeness (QED) is 0.751. The number of aryl methyl sites for hydroxylation is 2. The van der Waals surface area contributed by atoms with Crippen molar-refractivity contribution >= 4 is 17.1 Å². The first kappa shape index (κ1) is 11.8. The summed E-state index contributed by atoms with van der Waals surface area (Å²) >= 11 is 0. The maximum atomic E-state index is 10.5. The number of aldehydes is 1. The maximum absolute atomic E-state index is 10.5. The van der Waals surface area contributed by atoms with Gasteiger partial charge in [-0.1, -0.05) is 26.0 Å². The number of fused-ring (bicyclic) bond motifs is 1. The topological polar surface area (TPSA) is 30.0 Å². The summed E-state index contributed by atoms with van der Waals surface area (Å²) in [6.07, 6.45) is 3.31. The van der Waals surface area contributed by atoms with Crippen molar-refractivity contribution in [2.45, 2.75) is 33.1 Å². The zero-order valence-electron chi connectivity index (χ0n) is 10.4. The molecule has 0 spiro atoms. The molecule has 1 aromatic carbocycles. The largest absolute Gasteiger partial charge is 0.303 e. The molecule has 2 rings (SSSR count). The van der Waals surface area contributed by atoms with Crippen molar-refractivity contribution < 1.29 is 4.79 Å². The molecule has 1 heterocycles. The minimum Gasteiger partial charge on any atom is -0.303 e. The van der Waals surface area contributed by atoms with Crippen LogP contribution in [-0.4, -0.2) is 11.3 Å². The summed E-state index contributed by atoms with van der Waals surface area (Å²) in [5, 5.41) is 2.41. The van der Waals surface area contributed by atoms with E-state index < -0.39 is 0 Å². The highest BCUT2D eigenvalue weighted by Crippen LogP contribution is 2.21. The first-order valence-electron chi connectivity index (χ1n) is 6.13. The molecule has 0 aliphatic heterocycles. The van der Waals surface area contributed by atoms with E-state index in [0.29, 0.717) is 6.42 Å². The molecule has 0 bridgehead atoms. The van der Waals surface area contributed by atoms with Gasteiger partial charge in [-0.15, -0.1) is 0 Å². The highest BCUT2D eigenvalue weighted by Gasteiger charge is 2.05. The lowest BCUT2D eigenvalue weighted by Gasteiger charge is -2.08. The van der Waals surface area contributed by atoms with Crippen molar-refractivity contribution in [3.05, 3.63) is 41.2 Å². The summed E-state index contributed by atoms with van der Waals surface area (Å²) < 4.78 is 0. The second kappa shape index (κ2) is 5.09. The smallest absolute Gasteiger partial charge is 0.124 e. The Bertz CT molecular complexity index is 546. The number of hydrogen-bond donors (Lipinski definition) is 0. The number of pyridine rings is 1. The molecule has 2 aromatic rings. The first-order chi connectivity index (χ1) is 8.28. The number of carbonyl (C=O) groups is 1. The Morgan fingerprint density at radius 3 is 2.65 bits per heavy atom. The molecule has 2 nitrogen and oxygen atoms in total. The SMILES string of the molecule is CCc1cc2ccc(CC=O)cc2c(CC)n1. The lowest BCUT2D eigenvalue weighted by molar-refractivity contribution is -0.107. The van der Waals surface area contributed by atoms with Crippen molar-refractivity contribution in [3.63, 3.8) is 0 Å². The number of benzene rings is 1. The highest BCUT2D eigenvalue weighted by molar-refractivity contribution is 5.86. The van der Waals surface area contributed by atoms with Crippen molar-refractivity contribution in [2.24, 2.45) is 0 Å². The predicted octanol–water partition coefficient (Wildman–Crippen LogP) is 3.10. The standard InChI is InChI=1S/C15H17NO/c1-3-13-10-12-6-5-11(7-8-17)9-14(12)15(4-2)16-13/h5-6,8-10H,3-4,7H2,1-2H3. The molecule has 0 saturated carbocycles. The summed E-state index contributed by atoms with van der Waals surface area (Å²) in [5.74, 6) is 0. The van der Waals surface area contributed by atoms with Gasteiger partial charge in [0.05, 0.1) is 0 Å². The van der Waals surface area contributed by atoms with Gasteiger partial charge < -0.3 is 4.79 Å². The average molecular weight is 227 g/mol. The molecule has 0 aliphatic rings. The van der Waals surface area contributed by atoms with E-state index in [0.717, 1.165) is 36.1 Å². The monoisotopic (exact) mass is 227 g/mol. The molecule has 0 saturated heterocycles. The van der Waals surface area contributed by atoms with Crippen molar-refractivity contribution in [1.82, 2.24) is 4.98 Å². The normalized spacial score (nSPS) is 10.7. The Kier molecular flexibility index (Phi) is 3.52. The molecule has 17 heavy (non-hydrogen) atoms. The molecular weight excluding hydrogens is 210 g/mol. The van der Waals surface area contributed by atoms with Gasteiger partial charge in [-0.05, 0) is 35.9 Å². The van der Waals surface area contributed by atoms with Gasteiger partial charge in [0.25, 0.3) is 0 Å². The lowest BCUT2D eigenvalue weighted by Crippen LogP contribution is -1.96. The van der Waals surface area contributed by atoms with E-state index in [1.807, 2.05) is 6.07 Å². The Balaban J connectivity index is 2.62. The third kappa shape index (κ3) is 2.36. The van der Waals surface area contributed by atoms with E-state index in [9.17, 15) is 4.79 Å². The van der Waals surface area contributed by atoms with E-state index in [2.05, 4.69) is 37.0 Å². The average Bonchev–Trinajstić information content (AvgIpc) is 2.37. The number of aromatic nitrogens is 1. The Labute approximate surface area is 102 Å². The summed E-state index contributed by atoms with van der Waals surface area (Å²) in [4.78, 5) is 15.2. The Morgan fingerprint density at radius 1 is 1.18 bits per heavy atom. The number of nitrogens with zero attached hydrogens (tertiary/aromatic N) is 1. The highest BCUT2D eigenvalue weighted by atomic mass is 16.1. The molecule has 2 heteroatoms. The Morgan fingerprint density at radius 2 is 2.00 bits per heavy atom. The maximum Gasteiger partial charge on any atom is 0.124 e. The summed E-state index contributed by atoms with van der Waals surface area (Å²) in [5.41, 5.74) is 3.33. The first-order valence-corrected chi connectivity index (χ1v) is 6.13. The molecule has 0 unspecified atom stereocenters. The zero-order valence-corrected chi connectivity index (χ0v) is 10.4. The fourth-order valence-electron chi connectivity index (χ4n) is 2.10. The molecular formula is C15H17NO. The van der Waals surface area contributed by atoms with Crippen LogP contribution in [0.4, 0.5) is 0 Å². The predicted molar refractivity (Wildman–Crippen MR) is 70.3 cm³/mol. The zero-order chi connectivity index (χ0) is 12.3. The number of rotatable bonds is 4. The van der Waals surface area contributed by atoms with Crippen molar-refractivity contribution in [2.75, 3.05) is 0 Å². The second-order valence-corrected chi connectivity index (χ2v) is 4.19. The third-order valence-corrected chi connectivity index (χ3v) is 3.05. The molecule has 0 amide bonds. The summed E-state index contributed by atoms with van der Waals surface area (Å²) in [7, 11) is 0. The van der Waals surface area contributed by atoms with Crippen LogP contribution in [0.25, 0.3) is 10.8 Å². The van der Waals surface area contributed by atoms with Gasteiger partial charge in [0.15, 0.2) is 0 Å². The minimum atomic E-state index is 0.481. The van der Waals surface area contributed by atoms with Crippen LogP contribution in [-0.2, 0) is 24.1 Å².